The zero-order valence-corrected chi connectivity index (χ0v) is 11.2. The Morgan fingerprint density at radius 2 is 2.28 bits per heavy atom. The lowest BCUT2D eigenvalue weighted by atomic mass is 10.1. The first-order valence-corrected chi connectivity index (χ1v) is 7.02. The first-order chi connectivity index (χ1) is 8.74. The minimum Gasteiger partial charge on any atom is -0.309 e. The summed E-state index contributed by atoms with van der Waals surface area (Å²) < 4.78 is 18.1. The zero-order chi connectivity index (χ0) is 12.5. The maximum absolute atomic E-state index is 13.8. The number of hydrogen-bond acceptors (Lipinski definition) is 3. The lowest BCUT2D eigenvalue weighted by molar-refractivity contribution is 0.631. The third kappa shape index (κ3) is 2.55. The molecule has 1 aliphatic carbocycles. The van der Waals surface area contributed by atoms with Gasteiger partial charge in [0.05, 0.1) is 10.7 Å². The van der Waals surface area contributed by atoms with E-state index in [1.165, 1.54) is 24.4 Å². The van der Waals surface area contributed by atoms with Crippen molar-refractivity contribution in [3.8, 4) is 11.3 Å². The number of rotatable bonds is 4. The number of halogens is 2. The van der Waals surface area contributed by atoms with Crippen molar-refractivity contribution in [2.24, 2.45) is 0 Å². The van der Waals surface area contributed by atoms with Gasteiger partial charge in [0.1, 0.15) is 0 Å². The van der Waals surface area contributed by atoms with Crippen LogP contribution >= 0.6 is 23.1 Å². The molecule has 18 heavy (non-hydrogen) atoms. The molecule has 0 aliphatic heterocycles. The molecule has 2 aromatic rings. The molecule has 1 aromatic carbocycles. The second-order valence-electron chi connectivity index (χ2n) is 4.44. The van der Waals surface area contributed by atoms with Crippen LogP contribution in [0.4, 0.5) is 4.39 Å². The van der Waals surface area contributed by atoms with E-state index in [-0.39, 0.29) is 5.02 Å². The fourth-order valence-electron chi connectivity index (χ4n) is 1.76. The van der Waals surface area contributed by atoms with E-state index in [1.807, 2.05) is 6.07 Å². The van der Waals surface area contributed by atoms with Crippen LogP contribution in [0.3, 0.4) is 0 Å². The number of nitrogens with zero attached hydrogens (tertiary/aromatic N) is 1. The minimum absolute atomic E-state index is 0.137. The molecule has 0 radical (unpaired) electrons. The van der Waals surface area contributed by atoms with Gasteiger partial charge in [-0.3, -0.25) is 0 Å². The SMILES string of the molecule is Fc1c(Cl)cccc1-c1cc(CNC2CC2)sn1. The topological polar surface area (TPSA) is 24.9 Å². The van der Waals surface area contributed by atoms with Gasteiger partial charge in [-0.1, -0.05) is 17.7 Å². The summed E-state index contributed by atoms with van der Waals surface area (Å²) in [6.07, 6.45) is 2.52. The van der Waals surface area contributed by atoms with Gasteiger partial charge in [-0.2, -0.15) is 4.37 Å². The average molecular weight is 283 g/mol. The summed E-state index contributed by atoms with van der Waals surface area (Å²) in [6.45, 7) is 0.810. The lowest BCUT2D eigenvalue weighted by Gasteiger charge is -2.00. The standard InChI is InChI=1S/C13H12ClFN2S/c14-11-3-1-2-10(13(11)15)12-6-9(18-17-12)7-16-8-4-5-8/h1-3,6,8,16H,4-5,7H2. The van der Waals surface area contributed by atoms with Crippen LogP contribution in [-0.2, 0) is 6.54 Å². The molecule has 1 N–H and O–H groups in total. The maximum atomic E-state index is 13.8. The Balaban J connectivity index is 1.80. The quantitative estimate of drug-likeness (QED) is 0.921. The third-order valence-corrected chi connectivity index (χ3v) is 4.01. The van der Waals surface area contributed by atoms with Crippen molar-refractivity contribution in [1.82, 2.24) is 9.69 Å². The van der Waals surface area contributed by atoms with Crippen molar-refractivity contribution in [3.05, 3.63) is 40.0 Å². The van der Waals surface area contributed by atoms with Crippen LogP contribution in [-0.4, -0.2) is 10.4 Å². The number of aromatic nitrogens is 1. The van der Waals surface area contributed by atoms with Crippen molar-refractivity contribution in [2.75, 3.05) is 0 Å². The lowest BCUT2D eigenvalue weighted by Crippen LogP contribution is -2.14. The van der Waals surface area contributed by atoms with Crippen LogP contribution in [0.2, 0.25) is 5.02 Å². The summed E-state index contributed by atoms with van der Waals surface area (Å²) in [6, 6.07) is 7.58. The molecule has 1 saturated carbocycles. The average Bonchev–Trinajstić information content (AvgIpc) is 3.08. The van der Waals surface area contributed by atoms with Crippen LogP contribution in [0.1, 0.15) is 17.7 Å². The Morgan fingerprint density at radius 3 is 3.06 bits per heavy atom. The number of nitrogens with one attached hydrogen (secondary N) is 1. The van der Waals surface area contributed by atoms with Gasteiger partial charge in [0.15, 0.2) is 5.82 Å². The van der Waals surface area contributed by atoms with Gasteiger partial charge in [0.2, 0.25) is 0 Å². The van der Waals surface area contributed by atoms with Gasteiger partial charge in [0.25, 0.3) is 0 Å². The van der Waals surface area contributed by atoms with Crippen molar-refractivity contribution in [3.63, 3.8) is 0 Å². The molecule has 1 aromatic heterocycles. The van der Waals surface area contributed by atoms with E-state index in [4.69, 9.17) is 11.6 Å². The van der Waals surface area contributed by atoms with E-state index in [1.54, 1.807) is 18.2 Å². The van der Waals surface area contributed by atoms with Crippen molar-refractivity contribution in [1.29, 1.82) is 0 Å². The third-order valence-electron chi connectivity index (χ3n) is 2.93. The van der Waals surface area contributed by atoms with Gasteiger partial charge in [-0.15, -0.1) is 0 Å². The molecule has 0 spiro atoms. The summed E-state index contributed by atoms with van der Waals surface area (Å²) in [5, 5.41) is 3.55. The Morgan fingerprint density at radius 1 is 1.44 bits per heavy atom. The van der Waals surface area contributed by atoms with E-state index in [9.17, 15) is 4.39 Å². The van der Waals surface area contributed by atoms with E-state index in [2.05, 4.69) is 9.69 Å². The van der Waals surface area contributed by atoms with E-state index >= 15 is 0 Å². The molecule has 1 fully saturated rings. The Hall–Kier alpha value is -0.970. The highest BCUT2D eigenvalue weighted by molar-refractivity contribution is 7.06. The van der Waals surface area contributed by atoms with E-state index < -0.39 is 5.82 Å². The predicted octanol–water partition coefficient (Wildman–Crippen LogP) is 3.85. The highest BCUT2D eigenvalue weighted by atomic mass is 35.5. The largest absolute Gasteiger partial charge is 0.309 e. The van der Waals surface area contributed by atoms with Crippen molar-refractivity contribution >= 4 is 23.1 Å². The molecule has 2 nitrogen and oxygen atoms in total. The summed E-state index contributed by atoms with van der Waals surface area (Å²) in [5.74, 6) is -0.397. The predicted molar refractivity (Wildman–Crippen MR) is 72.4 cm³/mol. The molecular weight excluding hydrogens is 271 g/mol. The summed E-state index contributed by atoms with van der Waals surface area (Å²) in [5.41, 5.74) is 1.13. The van der Waals surface area contributed by atoms with Gasteiger partial charge >= 0.3 is 0 Å². The number of hydrogen-bond donors (Lipinski definition) is 1. The minimum atomic E-state index is -0.397. The number of benzene rings is 1. The fourth-order valence-corrected chi connectivity index (χ4v) is 2.61. The van der Waals surface area contributed by atoms with Gasteiger partial charge in [-0.05, 0) is 42.6 Å². The van der Waals surface area contributed by atoms with Crippen LogP contribution < -0.4 is 5.32 Å². The van der Waals surface area contributed by atoms with Gasteiger partial charge in [-0.25, -0.2) is 4.39 Å². The summed E-state index contributed by atoms with van der Waals surface area (Å²) in [7, 11) is 0. The van der Waals surface area contributed by atoms with Gasteiger partial charge in [0, 0.05) is 23.0 Å². The summed E-state index contributed by atoms with van der Waals surface area (Å²) in [4.78, 5) is 1.12. The van der Waals surface area contributed by atoms with Gasteiger partial charge < -0.3 is 5.32 Å². The van der Waals surface area contributed by atoms with Crippen LogP contribution in [0.5, 0.6) is 0 Å². The fraction of sp³-hybridized carbons (Fsp3) is 0.308. The Kier molecular flexibility index (Phi) is 3.33. The monoisotopic (exact) mass is 282 g/mol. The molecule has 5 heteroatoms. The summed E-state index contributed by atoms with van der Waals surface area (Å²) >= 11 is 7.18. The molecule has 0 amide bonds. The van der Waals surface area contributed by atoms with Crippen LogP contribution in [0.25, 0.3) is 11.3 Å². The molecule has 94 valence electrons. The smallest absolute Gasteiger partial charge is 0.151 e. The first-order valence-electron chi connectivity index (χ1n) is 5.87. The molecule has 0 unspecified atom stereocenters. The molecule has 0 saturated heterocycles. The Bertz CT molecular complexity index is 566. The highest BCUT2D eigenvalue weighted by Crippen LogP contribution is 2.29. The molecule has 0 atom stereocenters. The molecule has 1 aliphatic rings. The van der Waals surface area contributed by atoms with Crippen LogP contribution in [0, 0.1) is 5.82 Å². The molecular formula is C13H12ClFN2S. The first kappa shape index (κ1) is 12.1. The van der Waals surface area contributed by atoms with E-state index in [0.29, 0.717) is 17.3 Å². The van der Waals surface area contributed by atoms with Crippen molar-refractivity contribution < 1.29 is 4.39 Å². The normalized spacial score (nSPS) is 15.0. The molecule has 3 rings (SSSR count). The maximum Gasteiger partial charge on any atom is 0.151 e. The molecule has 1 heterocycles. The van der Waals surface area contributed by atoms with Crippen LogP contribution in [0.15, 0.2) is 24.3 Å². The zero-order valence-electron chi connectivity index (χ0n) is 9.62. The van der Waals surface area contributed by atoms with Crippen molar-refractivity contribution in [2.45, 2.75) is 25.4 Å². The highest BCUT2D eigenvalue weighted by Gasteiger charge is 2.20. The Labute approximate surface area is 114 Å². The molecule has 0 bridgehead atoms. The second-order valence-corrected chi connectivity index (χ2v) is 5.73. The second kappa shape index (κ2) is 4.96. The van der Waals surface area contributed by atoms with E-state index in [0.717, 1.165) is 11.4 Å².